The maximum absolute atomic E-state index is 12.7. The van der Waals surface area contributed by atoms with Crippen LogP contribution in [0.15, 0.2) is 11.6 Å². The average molecular weight is 577 g/mol. The fourth-order valence-electron chi connectivity index (χ4n) is 10.4. The van der Waals surface area contributed by atoms with Crippen LogP contribution in [0.3, 0.4) is 0 Å². The molecule has 230 valence electrons. The van der Waals surface area contributed by atoms with Gasteiger partial charge in [-0.3, -0.25) is 4.79 Å². The highest BCUT2D eigenvalue weighted by Crippen LogP contribution is 2.70. The van der Waals surface area contributed by atoms with Crippen LogP contribution < -0.4 is 0 Å². The second-order valence-electron chi connectivity index (χ2n) is 14.3. The molecule has 6 rings (SSSR count). The Kier molecular flexibility index (Phi) is 7.62. The highest BCUT2D eigenvalue weighted by Gasteiger charge is 2.71. The van der Waals surface area contributed by atoms with E-state index >= 15 is 0 Å². The van der Waals surface area contributed by atoms with Crippen LogP contribution in [-0.2, 0) is 33.3 Å². The molecular weight excluding hydrogens is 528 g/mol. The summed E-state index contributed by atoms with van der Waals surface area (Å²) in [6, 6.07) is 0. The van der Waals surface area contributed by atoms with E-state index in [1.54, 1.807) is 13.2 Å². The summed E-state index contributed by atoms with van der Waals surface area (Å²) in [5.74, 6) is 0.0175. The summed E-state index contributed by atoms with van der Waals surface area (Å²) < 4.78 is 29.1. The lowest BCUT2D eigenvalue weighted by Crippen LogP contribution is -2.62. The maximum atomic E-state index is 12.7. The maximum Gasteiger partial charge on any atom is 0.331 e. The van der Waals surface area contributed by atoms with Crippen molar-refractivity contribution in [3.05, 3.63) is 11.6 Å². The van der Waals surface area contributed by atoms with Crippen molar-refractivity contribution < 1.29 is 43.5 Å². The van der Waals surface area contributed by atoms with Gasteiger partial charge in [0.1, 0.15) is 18.8 Å². The minimum atomic E-state index is -0.990. The molecule has 41 heavy (non-hydrogen) atoms. The predicted molar refractivity (Wildman–Crippen MR) is 147 cm³/mol. The van der Waals surface area contributed by atoms with E-state index < -0.39 is 23.2 Å². The zero-order valence-corrected chi connectivity index (χ0v) is 25.2. The summed E-state index contributed by atoms with van der Waals surface area (Å²) in [5.41, 5.74) is -0.559. The topological polar surface area (TPSA) is 121 Å². The molecule has 0 radical (unpaired) electrons. The van der Waals surface area contributed by atoms with Crippen LogP contribution in [0.1, 0.15) is 85.5 Å². The normalized spacial score (nSPS) is 51.2. The highest BCUT2D eigenvalue weighted by atomic mass is 16.7. The molecule has 0 bridgehead atoms. The van der Waals surface area contributed by atoms with Crippen molar-refractivity contribution in [3.63, 3.8) is 0 Å². The molecule has 0 spiro atoms. The smallest absolute Gasteiger partial charge is 0.331 e. The lowest BCUT2D eigenvalue weighted by molar-refractivity contribution is -0.273. The zero-order valence-electron chi connectivity index (χ0n) is 25.2. The summed E-state index contributed by atoms with van der Waals surface area (Å²) >= 11 is 0. The lowest BCUT2D eigenvalue weighted by atomic mass is 9.43. The first-order chi connectivity index (χ1) is 19.4. The van der Waals surface area contributed by atoms with Gasteiger partial charge in [0, 0.05) is 44.3 Å². The number of aliphatic hydroxyl groups is 2. The highest BCUT2D eigenvalue weighted by molar-refractivity contribution is 5.85. The Morgan fingerprint density at radius 2 is 1.85 bits per heavy atom. The number of cyclic esters (lactones) is 1. The van der Waals surface area contributed by atoms with Crippen LogP contribution in [0.5, 0.6) is 0 Å². The van der Waals surface area contributed by atoms with Gasteiger partial charge < -0.3 is 33.9 Å². The van der Waals surface area contributed by atoms with Crippen LogP contribution in [-0.4, -0.2) is 78.3 Å². The molecule has 0 aromatic rings. The van der Waals surface area contributed by atoms with Gasteiger partial charge in [-0.15, -0.1) is 0 Å². The standard InChI is InChI=1S/C32H48O9/c1-17-29(35)24(37-5)14-27(39-17)41-21-8-10-30(3)20(13-21)6-7-23-22(30)9-11-31(4)28(19-12-26(34)38-16-19)25(40-18(2)33)15-32(23,31)36/h12,17,20-25,27-29,35-36H,6-11,13-16H2,1-5H3/t17-,20-,21-,22+,23-,24-,25+,27+,28+,29-,30+,31-,32-/m1/s1. The molecule has 0 aromatic heterocycles. The van der Waals surface area contributed by atoms with Crippen molar-refractivity contribution in [2.45, 2.75) is 128 Å². The Labute approximate surface area is 243 Å². The Hall–Kier alpha value is -1.52. The number of esters is 2. The Morgan fingerprint density at radius 3 is 2.54 bits per heavy atom. The average Bonchev–Trinajstić information content (AvgIpc) is 3.42. The molecule has 0 aromatic carbocycles. The second kappa shape index (κ2) is 10.6. The molecule has 9 heteroatoms. The van der Waals surface area contributed by atoms with E-state index in [1.807, 2.05) is 6.92 Å². The molecule has 9 nitrogen and oxygen atoms in total. The molecule has 1 saturated heterocycles. The van der Waals surface area contributed by atoms with E-state index in [1.165, 1.54) is 6.92 Å². The molecule has 4 saturated carbocycles. The van der Waals surface area contributed by atoms with Crippen molar-refractivity contribution in [2.24, 2.45) is 34.5 Å². The molecule has 4 aliphatic carbocycles. The first kappa shape index (κ1) is 29.5. The number of hydrogen-bond donors (Lipinski definition) is 2. The largest absolute Gasteiger partial charge is 0.462 e. The summed E-state index contributed by atoms with van der Waals surface area (Å²) in [7, 11) is 1.62. The van der Waals surface area contributed by atoms with E-state index in [0.717, 1.165) is 50.5 Å². The number of aliphatic hydroxyl groups excluding tert-OH is 1. The molecular formula is C32H48O9. The van der Waals surface area contributed by atoms with Crippen LogP contribution in [0.4, 0.5) is 0 Å². The monoisotopic (exact) mass is 576 g/mol. The number of hydrogen-bond acceptors (Lipinski definition) is 9. The third-order valence-corrected chi connectivity index (χ3v) is 12.5. The fraction of sp³-hybridized carbons (Fsp3) is 0.875. The first-order valence-electron chi connectivity index (χ1n) is 15.7. The van der Waals surface area contributed by atoms with Crippen molar-refractivity contribution >= 4 is 11.9 Å². The van der Waals surface area contributed by atoms with E-state index in [-0.39, 0.29) is 60.4 Å². The second-order valence-corrected chi connectivity index (χ2v) is 14.3. The molecule has 0 unspecified atom stereocenters. The van der Waals surface area contributed by atoms with Crippen LogP contribution in [0, 0.1) is 34.5 Å². The van der Waals surface area contributed by atoms with Crippen molar-refractivity contribution in [2.75, 3.05) is 13.7 Å². The summed E-state index contributed by atoms with van der Waals surface area (Å²) in [6.07, 6.45) is 7.14. The third kappa shape index (κ3) is 4.69. The van der Waals surface area contributed by atoms with E-state index in [2.05, 4.69) is 13.8 Å². The van der Waals surface area contributed by atoms with Gasteiger partial charge in [0.05, 0.1) is 23.9 Å². The summed E-state index contributed by atoms with van der Waals surface area (Å²) in [6.45, 7) is 8.06. The molecule has 0 amide bonds. The Morgan fingerprint density at radius 1 is 1.07 bits per heavy atom. The number of methoxy groups -OCH3 is 1. The zero-order chi connectivity index (χ0) is 29.3. The van der Waals surface area contributed by atoms with Gasteiger partial charge >= 0.3 is 11.9 Å². The molecule has 13 atom stereocenters. The van der Waals surface area contributed by atoms with E-state index in [4.69, 9.17) is 23.7 Å². The van der Waals surface area contributed by atoms with Gasteiger partial charge in [-0.05, 0) is 80.6 Å². The molecule has 2 aliphatic heterocycles. The van der Waals surface area contributed by atoms with Crippen LogP contribution in [0.25, 0.3) is 0 Å². The van der Waals surface area contributed by atoms with Crippen LogP contribution >= 0.6 is 0 Å². The van der Waals surface area contributed by atoms with E-state index in [9.17, 15) is 19.8 Å². The van der Waals surface area contributed by atoms with E-state index in [0.29, 0.717) is 24.7 Å². The number of ether oxygens (including phenoxy) is 5. The molecule has 2 N–H and O–H groups in total. The summed E-state index contributed by atoms with van der Waals surface area (Å²) in [5, 5.41) is 23.0. The number of carbonyl (C=O) groups is 2. The Balaban J connectivity index is 1.19. The van der Waals surface area contributed by atoms with Gasteiger partial charge in [0.25, 0.3) is 0 Å². The van der Waals surface area contributed by atoms with Gasteiger partial charge in [0.15, 0.2) is 6.29 Å². The van der Waals surface area contributed by atoms with Crippen molar-refractivity contribution in [1.82, 2.24) is 0 Å². The van der Waals surface area contributed by atoms with Gasteiger partial charge in [-0.1, -0.05) is 13.8 Å². The Bertz CT molecular complexity index is 1080. The molecule has 5 fully saturated rings. The summed E-state index contributed by atoms with van der Waals surface area (Å²) in [4.78, 5) is 24.2. The van der Waals surface area contributed by atoms with Crippen LogP contribution in [0.2, 0.25) is 0 Å². The third-order valence-electron chi connectivity index (χ3n) is 12.5. The minimum Gasteiger partial charge on any atom is -0.462 e. The quantitative estimate of drug-likeness (QED) is 0.373. The SMILES string of the molecule is CO[C@@H]1C[C@H](O[C@@H]2CC[C@@]3(C)[C@H](CC[C@@H]4[C@@H]3CC[C@]3(C)[C@@H](C5=CC(=O)OC5)[C@@H](OC(C)=O)C[C@@]43O)C2)O[C@H](C)[C@H]1O. The number of carbonyl (C=O) groups excluding carboxylic acids is 2. The van der Waals surface area contributed by atoms with Crippen molar-refractivity contribution in [3.8, 4) is 0 Å². The molecule has 2 heterocycles. The fourth-order valence-corrected chi connectivity index (χ4v) is 10.4. The minimum absolute atomic E-state index is 0.0898. The first-order valence-corrected chi connectivity index (χ1v) is 15.7. The van der Waals surface area contributed by atoms with Gasteiger partial charge in [-0.25, -0.2) is 4.79 Å². The number of rotatable bonds is 5. The molecule has 6 aliphatic rings. The van der Waals surface area contributed by atoms with Crippen molar-refractivity contribution in [1.29, 1.82) is 0 Å². The van der Waals surface area contributed by atoms with Gasteiger partial charge in [-0.2, -0.15) is 0 Å². The van der Waals surface area contributed by atoms with Gasteiger partial charge in [0.2, 0.25) is 0 Å². The number of fused-ring (bicyclic) bond motifs is 5. The predicted octanol–water partition coefficient (Wildman–Crippen LogP) is 3.68. The lowest BCUT2D eigenvalue weighted by Gasteiger charge is -2.63.